The van der Waals surface area contributed by atoms with Gasteiger partial charge >= 0.3 is 0 Å². The van der Waals surface area contributed by atoms with E-state index in [1.165, 1.54) is 11.1 Å². The van der Waals surface area contributed by atoms with Crippen molar-refractivity contribution in [1.82, 2.24) is 5.43 Å². The Morgan fingerprint density at radius 3 is 2.58 bits per heavy atom. The molecule has 0 fully saturated rings. The summed E-state index contributed by atoms with van der Waals surface area (Å²) in [6, 6.07) is 8.65. The van der Waals surface area contributed by atoms with E-state index in [0.29, 0.717) is 5.92 Å². The summed E-state index contributed by atoms with van der Waals surface area (Å²) in [5.74, 6) is 0.559. The van der Waals surface area contributed by atoms with Crippen LogP contribution in [0.1, 0.15) is 45.2 Å². The number of hydrogen-bond donors (Lipinski definition) is 1. The van der Waals surface area contributed by atoms with Crippen molar-refractivity contribution in [3.63, 3.8) is 0 Å². The smallest absolute Gasteiger partial charge is 0.0617 e. The van der Waals surface area contributed by atoms with Crippen LogP contribution in [0.3, 0.4) is 0 Å². The first-order valence-electron chi connectivity index (χ1n) is 8.83. The average molecular weight is 323 g/mol. The second-order valence-corrected chi connectivity index (χ2v) is 6.69. The molecule has 1 aromatic carbocycles. The summed E-state index contributed by atoms with van der Waals surface area (Å²) in [4.78, 5) is 4.67. The maximum absolute atomic E-state index is 4.67. The van der Waals surface area contributed by atoms with E-state index in [4.69, 9.17) is 0 Å². The second kappa shape index (κ2) is 8.62. The molecule has 1 aliphatic heterocycles. The highest BCUT2D eigenvalue weighted by atomic mass is 15.3. The van der Waals surface area contributed by atoms with Crippen LogP contribution < -0.4 is 5.43 Å². The van der Waals surface area contributed by atoms with Crippen molar-refractivity contribution in [3.05, 3.63) is 59.3 Å². The molecular formula is C21H29N3. The van der Waals surface area contributed by atoms with Crippen LogP contribution in [0.2, 0.25) is 0 Å². The molecule has 0 aliphatic carbocycles. The Morgan fingerprint density at radius 2 is 1.92 bits per heavy atom. The summed E-state index contributed by atoms with van der Waals surface area (Å²) in [5.41, 5.74) is 9.88. The van der Waals surface area contributed by atoms with Gasteiger partial charge in [0.25, 0.3) is 0 Å². The molecule has 0 radical (unpaired) electrons. The normalized spacial score (nSPS) is 15.2. The minimum absolute atomic E-state index is 0.559. The average Bonchev–Trinajstić information content (AvgIpc) is 2.59. The van der Waals surface area contributed by atoms with Gasteiger partial charge in [0.1, 0.15) is 0 Å². The first-order valence-corrected chi connectivity index (χ1v) is 8.83. The van der Waals surface area contributed by atoms with Gasteiger partial charge in [-0.2, -0.15) is 5.10 Å². The third kappa shape index (κ3) is 4.92. The third-order valence-corrected chi connectivity index (χ3v) is 4.20. The lowest BCUT2D eigenvalue weighted by Crippen LogP contribution is -2.21. The molecular weight excluding hydrogens is 294 g/mol. The summed E-state index contributed by atoms with van der Waals surface area (Å²) in [5, 5.41) is 4.44. The molecule has 2 rings (SSSR count). The highest BCUT2D eigenvalue weighted by Crippen LogP contribution is 2.17. The van der Waals surface area contributed by atoms with Crippen LogP contribution in [0.5, 0.6) is 0 Å². The molecule has 128 valence electrons. The fourth-order valence-electron chi connectivity index (χ4n) is 2.75. The lowest BCUT2D eigenvalue weighted by atomic mass is 9.97. The quantitative estimate of drug-likeness (QED) is 0.726. The molecule has 24 heavy (non-hydrogen) atoms. The van der Waals surface area contributed by atoms with E-state index in [9.17, 15) is 0 Å². The third-order valence-electron chi connectivity index (χ3n) is 4.20. The monoisotopic (exact) mass is 323 g/mol. The van der Waals surface area contributed by atoms with Gasteiger partial charge in [-0.25, -0.2) is 0 Å². The Morgan fingerprint density at radius 1 is 1.21 bits per heavy atom. The van der Waals surface area contributed by atoms with Crippen molar-refractivity contribution >= 4 is 11.4 Å². The van der Waals surface area contributed by atoms with Crippen LogP contribution >= 0.6 is 0 Å². The maximum Gasteiger partial charge on any atom is 0.0617 e. The number of hydrogen-bond acceptors (Lipinski definition) is 3. The highest BCUT2D eigenvalue weighted by molar-refractivity contribution is 6.09. The van der Waals surface area contributed by atoms with Crippen molar-refractivity contribution in [2.24, 2.45) is 16.0 Å². The number of aryl methyl sites for hydroxylation is 2. The molecule has 0 saturated heterocycles. The number of nitrogens with one attached hydrogen (secondary N) is 1. The zero-order chi connectivity index (χ0) is 17.5. The van der Waals surface area contributed by atoms with Crippen molar-refractivity contribution in [3.8, 4) is 0 Å². The van der Waals surface area contributed by atoms with E-state index in [1.54, 1.807) is 0 Å². The molecule has 0 unspecified atom stereocenters. The zero-order valence-corrected chi connectivity index (χ0v) is 15.4. The van der Waals surface area contributed by atoms with Crippen molar-refractivity contribution in [2.75, 3.05) is 6.54 Å². The van der Waals surface area contributed by atoms with Gasteiger partial charge in [0, 0.05) is 17.8 Å². The van der Waals surface area contributed by atoms with Crippen LogP contribution in [0.25, 0.3) is 0 Å². The van der Waals surface area contributed by atoms with E-state index in [1.807, 2.05) is 0 Å². The molecule has 1 N–H and O–H groups in total. The summed E-state index contributed by atoms with van der Waals surface area (Å²) in [6.45, 7) is 13.5. The van der Waals surface area contributed by atoms with E-state index in [-0.39, 0.29) is 0 Å². The van der Waals surface area contributed by atoms with Crippen LogP contribution in [0.15, 0.2) is 58.3 Å². The molecule has 0 bridgehead atoms. The van der Waals surface area contributed by atoms with Gasteiger partial charge in [-0.15, -0.1) is 0 Å². The predicted octanol–water partition coefficient (Wildman–Crippen LogP) is 4.70. The molecule has 1 aliphatic rings. The molecule has 3 nitrogen and oxygen atoms in total. The minimum Gasteiger partial charge on any atom is -0.289 e. The van der Waals surface area contributed by atoms with E-state index >= 15 is 0 Å². The van der Waals surface area contributed by atoms with Crippen LogP contribution in [-0.2, 0) is 12.8 Å². The molecule has 1 aromatic rings. The zero-order valence-electron chi connectivity index (χ0n) is 15.4. The fourth-order valence-corrected chi connectivity index (χ4v) is 2.75. The van der Waals surface area contributed by atoms with Gasteiger partial charge in [-0.1, -0.05) is 51.6 Å². The van der Waals surface area contributed by atoms with Gasteiger partial charge in [0.15, 0.2) is 0 Å². The summed E-state index contributed by atoms with van der Waals surface area (Å²) in [7, 11) is 0. The SMILES string of the molecule is C=C1NN=C(CCc2ccccc2CC)C=C1/C(C)=N/CC(C)C. The Hall–Kier alpha value is -2.16. The number of nitrogens with zero attached hydrogens (tertiary/aromatic N) is 2. The van der Waals surface area contributed by atoms with Gasteiger partial charge in [0.05, 0.1) is 11.4 Å². The van der Waals surface area contributed by atoms with Gasteiger partial charge in [0.2, 0.25) is 0 Å². The fraction of sp³-hybridized carbons (Fsp3) is 0.429. The summed E-state index contributed by atoms with van der Waals surface area (Å²) in [6.07, 6.45) is 5.12. The Labute approximate surface area is 146 Å². The van der Waals surface area contributed by atoms with Crippen LogP contribution in [0.4, 0.5) is 0 Å². The lowest BCUT2D eigenvalue weighted by molar-refractivity contribution is 0.665. The molecule has 0 aromatic heterocycles. The molecule has 0 spiro atoms. The number of benzene rings is 1. The largest absolute Gasteiger partial charge is 0.289 e. The lowest BCUT2D eigenvalue weighted by Gasteiger charge is -2.17. The number of aliphatic imine (C=N–C) groups is 1. The number of rotatable bonds is 7. The van der Waals surface area contributed by atoms with E-state index in [0.717, 1.165) is 48.5 Å². The Kier molecular flexibility index (Phi) is 6.53. The second-order valence-electron chi connectivity index (χ2n) is 6.69. The molecule has 3 heteroatoms. The van der Waals surface area contributed by atoms with Gasteiger partial charge in [-0.3, -0.25) is 10.4 Å². The molecule has 0 amide bonds. The first-order chi connectivity index (χ1) is 11.5. The van der Waals surface area contributed by atoms with E-state index in [2.05, 4.69) is 80.1 Å². The van der Waals surface area contributed by atoms with Gasteiger partial charge in [-0.05, 0) is 49.3 Å². The van der Waals surface area contributed by atoms with E-state index < -0.39 is 0 Å². The van der Waals surface area contributed by atoms with Crippen molar-refractivity contribution < 1.29 is 0 Å². The maximum atomic E-state index is 4.67. The van der Waals surface area contributed by atoms with Crippen LogP contribution in [0, 0.1) is 5.92 Å². The summed E-state index contributed by atoms with van der Waals surface area (Å²) < 4.78 is 0. The molecule has 0 saturated carbocycles. The number of hydrazone groups is 1. The Balaban J connectivity index is 2.08. The topological polar surface area (TPSA) is 36.8 Å². The summed E-state index contributed by atoms with van der Waals surface area (Å²) >= 11 is 0. The number of allylic oxidation sites excluding steroid dienone is 2. The van der Waals surface area contributed by atoms with Crippen molar-refractivity contribution in [1.29, 1.82) is 0 Å². The molecule has 1 heterocycles. The first kappa shape index (κ1) is 18.2. The van der Waals surface area contributed by atoms with Gasteiger partial charge < -0.3 is 0 Å². The molecule has 0 atom stereocenters. The highest BCUT2D eigenvalue weighted by Gasteiger charge is 2.13. The predicted molar refractivity (Wildman–Crippen MR) is 105 cm³/mol. The van der Waals surface area contributed by atoms with Crippen molar-refractivity contribution in [2.45, 2.75) is 47.0 Å². The standard InChI is InChI=1S/C21H29N3/c1-6-18-9-7-8-10-19(18)11-12-20-13-21(17(5)23-24-20)16(4)22-14-15(2)3/h7-10,13,15,23H,5-6,11-12,14H2,1-4H3/b22-16+. The van der Waals surface area contributed by atoms with Crippen LogP contribution in [-0.4, -0.2) is 18.0 Å². The minimum atomic E-state index is 0.559. The Bertz CT molecular complexity index is 678.